The summed E-state index contributed by atoms with van der Waals surface area (Å²) in [6.45, 7) is 21.1. The number of nitrogens with zero attached hydrogens (tertiary/aromatic N) is 2. The number of esters is 4. The molecule has 1 saturated carbocycles. The number of urea groups is 1. The van der Waals surface area contributed by atoms with Crippen molar-refractivity contribution >= 4 is 29.9 Å². The number of amides is 2. The molecule has 0 aromatic heterocycles. The first-order valence-corrected chi connectivity index (χ1v) is 19.4. The van der Waals surface area contributed by atoms with Crippen molar-refractivity contribution in [2.45, 2.75) is 170 Å². The van der Waals surface area contributed by atoms with Crippen LogP contribution >= 0.6 is 0 Å². The van der Waals surface area contributed by atoms with E-state index >= 15 is 0 Å². The summed E-state index contributed by atoms with van der Waals surface area (Å²) in [6.07, 6.45) is 5.93. The van der Waals surface area contributed by atoms with Crippen LogP contribution in [0.1, 0.15) is 134 Å². The van der Waals surface area contributed by atoms with Gasteiger partial charge in [-0.2, -0.15) is 0 Å². The van der Waals surface area contributed by atoms with Gasteiger partial charge in [0.25, 0.3) is 0 Å². The Morgan fingerprint density at radius 3 is 1.73 bits per heavy atom. The van der Waals surface area contributed by atoms with Crippen molar-refractivity contribution < 1.29 is 42.9 Å². The molecule has 0 aromatic rings. The van der Waals surface area contributed by atoms with E-state index in [2.05, 4.69) is 5.32 Å². The van der Waals surface area contributed by atoms with E-state index in [0.717, 1.165) is 51.4 Å². The van der Waals surface area contributed by atoms with Crippen molar-refractivity contribution in [1.82, 2.24) is 15.1 Å². The Kier molecular flexibility index (Phi) is 18.2. The first-order valence-electron chi connectivity index (χ1n) is 19.4. The Hall–Kier alpha value is -2.89. The molecule has 2 aliphatic rings. The molecule has 1 aliphatic carbocycles. The molecule has 1 heterocycles. The van der Waals surface area contributed by atoms with E-state index in [9.17, 15) is 24.0 Å². The van der Waals surface area contributed by atoms with Crippen molar-refractivity contribution in [2.75, 3.05) is 26.2 Å². The molecule has 294 valence electrons. The summed E-state index contributed by atoms with van der Waals surface area (Å²) in [7, 11) is 0. The first-order chi connectivity index (χ1) is 23.8. The lowest BCUT2D eigenvalue weighted by atomic mass is 9.92. The van der Waals surface area contributed by atoms with Gasteiger partial charge >= 0.3 is 29.9 Å². The third-order valence-corrected chi connectivity index (χ3v) is 9.36. The van der Waals surface area contributed by atoms with Crippen LogP contribution in [0.15, 0.2) is 0 Å². The van der Waals surface area contributed by atoms with Gasteiger partial charge in [-0.15, -0.1) is 0 Å². The second kappa shape index (κ2) is 21.0. The number of nitrogens with one attached hydrogen (secondary N) is 1. The van der Waals surface area contributed by atoms with E-state index in [1.807, 2.05) is 30.6 Å². The number of hydrogen-bond donors (Lipinski definition) is 1. The van der Waals surface area contributed by atoms with Crippen LogP contribution in [0, 0.1) is 23.7 Å². The van der Waals surface area contributed by atoms with Crippen LogP contribution in [0.25, 0.3) is 0 Å². The van der Waals surface area contributed by atoms with E-state index in [4.69, 9.17) is 18.9 Å². The van der Waals surface area contributed by atoms with Gasteiger partial charge in [-0.3, -0.25) is 24.1 Å². The lowest BCUT2D eigenvalue weighted by Gasteiger charge is -2.47. The zero-order chi connectivity index (χ0) is 38.5. The van der Waals surface area contributed by atoms with E-state index in [1.165, 1.54) is 6.42 Å². The minimum Gasteiger partial charge on any atom is -0.464 e. The highest BCUT2D eigenvalue weighted by atomic mass is 16.6. The highest BCUT2D eigenvalue weighted by Gasteiger charge is 2.50. The Labute approximate surface area is 307 Å². The summed E-state index contributed by atoms with van der Waals surface area (Å²) >= 11 is 0. The number of hydrogen-bond acceptors (Lipinski definition) is 10. The molecule has 12 heteroatoms. The fourth-order valence-electron chi connectivity index (χ4n) is 6.30. The summed E-state index contributed by atoms with van der Waals surface area (Å²) < 4.78 is 23.7. The largest absolute Gasteiger partial charge is 0.464 e. The highest BCUT2D eigenvalue weighted by Crippen LogP contribution is 2.30. The zero-order valence-corrected chi connectivity index (χ0v) is 33.5. The summed E-state index contributed by atoms with van der Waals surface area (Å²) in [5.41, 5.74) is -0.312. The quantitative estimate of drug-likeness (QED) is 0.104. The monoisotopic (exact) mass is 724 g/mol. The lowest BCUT2D eigenvalue weighted by Crippen LogP contribution is -2.66. The Bertz CT molecular complexity index is 1130. The fraction of sp³-hybridized carbons (Fsp3) is 0.872. The Morgan fingerprint density at radius 2 is 1.20 bits per heavy atom. The van der Waals surface area contributed by atoms with Gasteiger partial charge in [0.05, 0.1) is 29.7 Å². The minimum atomic E-state index is -1.09. The van der Waals surface area contributed by atoms with Gasteiger partial charge in [0.1, 0.15) is 6.61 Å². The van der Waals surface area contributed by atoms with Crippen LogP contribution < -0.4 is 5.32 Å². The normalized spacial score (nSPS) is 21.9. The van der Waals surface area contributed by atoms with Crippen molar-refractivity contribution in [3.05, 3.63) is 0 Å². The van der Waals surface area contributed by atoms with Crippen LogP contribution in [-0.4, -0.2) is 102 Å². The predicted molar refractivity (Wildman–Crippen MR) is 196 cm³/mol. The van der Waals surface area contributed by atoms with Gasteiger partial charge < -0.3 is 29.2 Å². The number of rotatable bonds is 17. The van der Waals surface area contributed by atoms with Crippen LogP contribution in [0.4, 0.5) is 4.79 Å². The number of piperidine rings is 1. The van der Waals surface area contributed by atoms with Crippen LogP contribution in [0.3, 0.4) is 0 Å². The average molecular weight is 724 g/mol. The summed E-state index contributed by atoms with van der Waals surface area (Å²) in [5.74, 6) is -3.62. The van der Waals surface area contributed by atoms with Crippen molar-refractivity contribution in [2.24, 2.45) is 23.7 Å². The van der Waals surface area contributed by atoms with E-state index < -0.39 is 66.0 Å². The molecule has 0 radical (unpaired) electrons. The smallest absolute Gasteiger partial charge is 0.318 e. The Morgan fingerprint density at radius 1 is 0.686 bits per heavy atom. The van der Waals surface area contributed by atoms with E-state index in [1.54, 1.807) is 55.4 Å². The molecule has 0 aromatic carbocycles. The molecular weight excluding hydrogens is 654 g/mol. The van der Waals surface area contributed by atoms with Crippen molar-refractivity contribution in [3.63, 3.8) is 0 Å². The second-order valence-electron chi connectivity index (χ2n) is 16.7. The molecular formula is C39H69N3O9. The molecule has 0 bridgehead atoms. The lowest BCUT2D eigenvalue weighted by molar-refractivity contribution is -0.213. The summed E-state index contributed by atoms with van der Waals surface area (Å²) in [4.78, 5) is 69.0. The molecule has 1 aliphatic heterocycles. The molecule has 2 rings (SSSR count). The van der Waals surface area contributed by atoms with Gasteiger partial charge in [-0.25, -0.2) is 4.79 Å². The zero-order valence-electron chi connectivity index (χ0n) is 33.5. The number of likely N-dealkylation sites (tertiary alicyclic amines) is 1. The molecule has 12 nitrogen and oxygen atoms in total. The summed E-state index contributed by atoms with van der Waals surface area (Å²) in [5, 5.41) is 3.15. The number of carbonyl (C=O) groups excluding carboxylic acids is 5. The summed E-state index contributed by atoms with van der Waals surface area (Å²) in [6, 6.07) is -0.382. The van der Waals surface area contributed by atoms with Gasteiger partial charge in [-0.1, -0.05) is 87.5 Å². The van der Waals surface area contributed by atoms with Gasteiger partial charge in [0, 0.05) is 24.7 Å². The van der Waals surface area contributed by atoms with Crippen LogP contribution in [-0.2, 0) is 38.1 Å². The third-order valence-electron chi connectivity index (χ3n) is 9.36. The number of unbranched alkanes of at least 4 members (excludes halogenated alkanes) is 3. The Balaban J connectivity index is 2.28. The standard InChI is InChI=1S/C39H69N3O9/c1-25(2)34(43)48-24-30-32(50-36(45)27(5)6)33(51-37(46)28(7)8)31(49-35(44)26(3)4)23-41(30)21-17-12-13-18-22-42(29-19-15-14-16-20-29)38(47)40-39(9,10)11/h25-33H,12-24H2,1-11H3,(H,40,47)/t30-,31+,32-,33-/m1/s1. The maximum Gasteiger partial charge on any atom is 0.318 e. The molecule has 0 unspecified atom stereocenters. The number of ether oxygens (including phenoxy) is 4. The highest BCUT2D eigenvalue weighted by molar-refractivity contribution is 5.75. The fourth-order valence-corrected chi connectivity index (χ4v) is 6.30. The SMILES string of the molecule is CC(C)C(=O)OC[C@@H]1[C@@H](OC(=O)C(C)C)[C@H](OC(=O)C(C)C)[C@@H](OC(=O)C(C)C)CN1CCCCCCN(C(=O)NC(C)(C)C)C1CCCCC1. The van der Waals surface area contributed by atoms with Gasteiger partial charge in [0.2, 0.25) is 0 Å². The van der Waals surface area contributed by atoms with Crippen molar-refractivity contribution in [1.29, 1.82) is 0 Å². The van der Waals surface area contributed by atoms with Crippen molar-refractivity contribution in [3.8, 4) is 0 Å². The maximum absolute atomic E-state index is 13.3. The first kappa shape index (κ1) is 44.3. The van der Waals surface area contributed by atoms with Gasteiger partial charge in [-0.05, 0) is 53.0 Å². The van der Waals surface area contributed by atoms with Crippen LogP contribution in [0.5, 0.6) is 0 Å². The topological polar surface area (TPSA) is 141 Å². The average Bonchev–Trinajstić information content (AvgIpc) is 3.04. The van der Waals surface area contributed by atoms with Crippen LogP contribution in [0.2, 0.25) is 0 Å². The third kappa shape index (κ3) is 14.9. The predicted octanol–water partition coefficient (Wildman–Crippen LogP) is 6.28. The second-order valence-corrected chi connectivity index (χ2v) is 16.7. The molecule has 51 heavy (non-hydrogen) atoms. The molecule has 1 N–H and O–H groups in total. The molecule has 0 spiro atoms. The van der Waals surface area contributed by atoms with Gasteiger partial charge in [0.15, 0.2) is 18.3 Å². The minimum absolute atomic E-state index is 0.00167. The number of carbonyl (C=O) groups is 5. The maximum atomic E-state index is 13.3. The van der Waals surface area contributed by atoms with E-state index in [-0.39, 0.29) is 36.7 Å². The molecule has 2 amide bonds. The molecule has 2 fully saturated rings. The molecule has 4 atom stereocenters. The van der Waals surface area contributed by atoms with E-state index in [0.29, 0.717) is 13.1 Å². The molecule has 1 saturated heterocycles.